The maximum absolute atomic E-state index is 12.1. The van der Waals surface area contributed by atoms with E-state index in [1.807, 2.05) is 4.90 Å². The SMILES string of the molecule is CC1(C)CCN(C(=O)CC2CNCCO2)CC1. The standard InChI is InChI=1S/C13H24N2O2/c1-13(2)3-6-15(7-4-13)12(16)9-11-10-14-5-8-17-11/h11,14H,3-10H2,1-2H3. The fourth-order valence-electron chi connectivity index (χ4n) is 2.44. The zero-order valence-electron chi connectivity index (χ0n) is 11.0. The summed E-state index contributed by atoms with van der Waals surface area (Å²) in [5.74, 6) is 0.259. The van der Waals surface area contributed by atoms with E-state index in [2.05, 4.69) is 19.2 Å². The first-order chi connectivity index (χ1) is 8.07. The van der Waals surface area contributed by atoms with Crippen molar-refractivity contribution in [3.8, 4) is 0 Å². The molecular weight excluding hydrogens is 216 g/mol. The quantitative estimate of drug-likeness (QED) is 0.783. The number of nitrogens with zero attached hydrogens (tertiary/aromatic N) is 1. The smallest absolute Gasteiger partial charge is 0.225 e. The van der Waals surface area contributed by atoms with Crippen LogP contribution < -0.4 is 5.32 Å². The van der Waals surface area contributed by atoms with Crippen molar-refractivity contribution in [1.29, 1.82) is 0 Å². The molecule has 0 aromatic carbocycles. The van der Waals surface area contributed by atoms with E-state index in [1.165, 1.54) is 0 Å². The van der Waals surface area contributed by atoms with Crippen molar-refractivity contribution in [2.24, 2.45) is 5.41 Å². The lowest BCUT2D eigenvalue weighted by atomic mass is 9.82. The molecule has 2 rings (SSSR count). The minimum atomic E-state index is 0.0752. The van der Waals surface area contributed by atoms with Crippen molar-refractivity contribution in [3.63, 3.8) is 0 Å². The maximum atomic E-state index is 12.1. The second-order valence-electron chi connectivity index (χ2n) is 5.95. The molecule has 1 amide bonds. The Balaban J connectivity index is 1.76. The van der Waals surface area contributed by atoms with Crippen LogP contribution in [0.25, 0.3) is 0 Å². The maximum Gasteiger partial charge on any atom is 0.225 e. The summed E-state index contributed by atoms with van der Waals surface area (Å²) in [6.07, 6.45) is 2.84. The van der Waals surface area contributed by atoms with Gasteiger partial charge < -0.3 is 15.0 Å². The summed E-state index contributed by atoms with van der Waals surface area (Å²) < 4.78 is 5.57. The fourth-order valence-corrected chi connectivity index (χ4v) is 2.44. The van der Waals surface area contributed by atoms with Crippen LogP contribution in [0.15, 0.2) is 0 Å². The fraction of sp³-hybridized carbons (Fsp3) is 0.923. The first-order valence-corrected chi connectivity index (χ1v) is 6.67. The summed E-state index contributed by atoms with van der Waals surface area (Å²) in [6.45, 7) is 8.82. The Morgan fingerprint density at radius 2 is 2.12 bits per heavy atom. The van der Waals surface area contributed by atoms with E-state index in [-0.39, 0.29) is 12.0 Å². The summed E-state index contributed by atoms with van der Waals surface area (Å²) >= 11 is 0. The van der Waals surface area contributed by atoms with Crippen molar-refractivity contribution in [3.05, 3.63) is 0 Å². The largest absolute Gasteiger partial charge is 0.375 e. The van der Waals surface area contributed by atoms with E-state index in [0.717, 1.165) is 45.6 Å². The second-order valence-corrected chi connectivity index (χ2v) is 5.95. The number of piperidine rings is 1. The van der Waals surface area contributed by atoms with Crippen LogP contribution in [0.4, 0.5) is 0 Å². The van der Waals surface area contributed by atoms with Crippen LogP contribution in [-0.2, 0) is 9.53 Å². The third-order valence-corrected chi connectivity index (χ3v) is 3.88. The molecule has 2 fully saturated rings. The number of ether oxygens (including phenoxy) is 1. The van der Waals surface area contributed by atoms with Gasteiger partial charge in [0.2, 0.25) is 5.91 Å². The van der Waals surface area contributed by atoms with Gasteiger partial charge in [-0.25, -0.2) is 0 Å². The number of nitrogens with one attached hydrogen (secondary N) is 1. The van der Waals surface area contributed by atoms with Crippen LogP contribution in [0.3, 0.4) is 0 Å². The van der Waals surface area contributed by atoms with Crippen LogP contribution in [0.5, 0.6) is 0 Å². The predicted molar refractivity (Wildman–Crippen MR) is 66.8 cm³/mol. The topological polar surface area (TPSA) is 41.6 Å². The van der Waals surface area contributed by atoms with Gasteiger partial charge in [-0.2, -0.15) is 0 Å². The van der Waals surface area contributed by atoms with Crippen LogP contribution in [0.1, 0.15) is 33.1 Å². The molecule has 4 heteroatoms. The minimum Gasteiger partial charge on any atom is -0.375 e. The van der Waals surface area contributed by atoms with Crippen LogP contribution >= 0.6 is 0 Å². The summed E-state index contributed by atoms with van der Waals surface area (Å²) in [4.78, 5) is 14.1. The number of likely N-dealkylation sites (tertiary alicyclic amines) is 1. The molecule has 2 heterocycles. The number of carbonyl (C=O) groups excluding carboxylic acids is 1. The van der Waals surface area contributed by atoms with Gasteiger partial charge in [-0.1, -0.05) is 13.8 Å². The average molecular weight is 240 g/mol. The Morgan fingerprint density at radius 3 is 2.71 bits per heavy atom. The molecule has 2 aliphatic heterocycles. The number of morpholine rings is 1. The summed E-state index contributed by atoms with van der Waals surface area (Å²) in [7, 11) is 0. The summed E-state index contributed by atoms with van der Waals surface area (Å²) in [5.41, 5.74) is 0.402. The van der Waals surface area contributed by atoms with E-state index < -0.39 is 0 Å². The molecule has 0 aromatic heterocycles. The average Bonchev–Trinajstić information content (AvgIpc) is 2.30. The summed E-state index contributed by atoms with van der Waals surface area (Å²) in [6, 6.07) is 0. The van der Waals surface area contributed by atoms with Crippen LogP contribution in [0, 0.1) is 5.41 Å². The molecule has 2 aliphatic rings. The van der Waals surface area contributed by atoms with Crippen molar-refractivity contribution >= 4 is 5.91 Å². The molecule has 17 heavy (non-hydrogen) atoms. The highest BCUT2D eigenvalue weighted by molar-refractivity contribution is 5.76. The number of hydrogen-bond donors (Lipinski definition) is 1. The molecule has 0 spiro atoms. The number of rotatable bonds is 2. The van der Waals surface area contributed by atoms with Gasteiger partial charge in [-0.05, 0) is 18.3 Å². The van der Waals surface area contributed by atoms with Gasteiger partial charge in [0, 0.05) is 26.2 Å². The Kier molecular flexibility index (Phi) is 4.05. The van der Waals surface area contributed by atoms with Crippen molar-refractivity contribution in [1.82, 2.24) is 10.2 Å². The third kappa shape index (κ3) is 3.68. The monoisotopic (exact) mass is 240 g/mol. The van der Waals surface area contributed by atoms with Crippen LogP contribution in [-0.4, -0.2) is 49.7 Å². The molecule has 1 N–H and O–H groups in total. The van der Waals surface area contributed by atoms with Crippen LogP contribution in [0.2, 0.25) is 0 Å². The van der Waals surface area contributed by atoms with Gasteiger partial charge in [0.05, 0.1) is 19.1 Å². The van der Waals surface area contributed by atoms with Crippen molar-refractivity contribution < 1.29 is 9.53 Å². The molecule has 0 saturated carbocycles. The van der Waals surface area contributed by atoms with E-state index in [9.17, 15) is 4.79 Å². The zero-order chi connectivity index (χ0) is 12.3. The normalized spacial score (nSPS) is 29.1. The first-order valence-electron chi connectivity index (χ1n) is 6.67. The molecular formula is C13H24N2O2. The third-order valence-electron chi connectivity index (χ3n) is 3.88. The van der Waals surface area contributed by atoms with Gasteiger partial charge in [0.15, 0.2) is 0 Å². The highest BCUT2D eigenvalue weighted by Gasteiger charge is 2.29. The van der Waals surface area contributed by atoms with E-state index in [1.54, 1.807) is 0 Å². The van der Waals surface area contributed by atoms with E-state index in [0.29, 0.717) is 11.8 Å². The molecule has 0 radical (unpaired) electrons. The second kappa shape index (κ2) is 5.36. The molecule has 0 bridgehead atoms. The zero-order valence-corrected chi connectivity index (χ0v) is 11.0. The Labute approximate surface area is 104 Å². The Hall–Kier alpha value is -0.610. The Bertz CT molecular complexity index is 263. The molecule has 98 valence electrons. The van der Waals surface area contributed by atoms with E-state index in [4.69, 9.17) is 4.74 Å². The molecule has 4 nitrogen and oxygen atoms in total. The lowest BCUT2D eigenvalue weighted by molar-refractivity contribution is -0.136. The summed E-state index contributed by atoms with van der Waals surface area (Å²) in [5, 5.41) is 3.26. The molecule has 2 saturated heterocycles. The highest BCUT2D eigenvalue weighted by Crippen LogP contribution is 2.29. The minimum absolute atomic E-state index is 0.0752. The molecule has 1 atom stereocenters. The molecule has 1 unspecified atom stereocenters. The van der Waals surface area contributed by atoms with Crippen molar-refractivity contribution in [2.45, 2.75) is 39.2 Å². The lowest BCUT2D eigenvalue weighted by Gasteiger charge is -2.37. The number of carbonyl (C=O) groups is 1. The highest BCUT2D eigenvalue weighted by atomic mass is 16.5. The van der Waals surface area contributed by atoms with Crippen molar-refractivity contribution in [2.75, 3.05) is 32.8 Å². The van der Waals surface area contributed by atoms with Gasteiger partial charge in [0.25, 0.3) is 0 Å². The number of amides is 1. The number of hydrogen-bond acceptors (Lipinski definition) is 3. The predicted octanol–water partition coefficient (Wildman–Crippen LogP) is 1.01. The van der Waals surface area contributed by atoms with Gasteiger partial charge >= 0.3 is 0 Å². The van der Waals surface area contributed by atoms with Gasteiger partial charge in [0.1, 0.15) is 0 Å². The van der Waals surface area contributed by atoms with Gasteiger partial charge in [-0.15, -0.1) is 0 Å². The first kappa shape index (κ1) is 12.8. The molecule has 0 aliphatic carbocycles. The van der Waals surface area contributed by atoms with E-state index >= 15 is 0 Å². The van der Waals surface area contributed by atoms with Gasteiger partial charge in [-0.3, -0.25) is 4.79 Å². The molecule has 0 aromatic rings. The Morgan fingerprint density at radius 1 is 1.41 bits per heavy atom. The lowest BCUT2D eigenvalue weighted by Crippen LogP contribution is -2.45.